The Labute approximate surface area is 80.7 Å². The summed E-state index contributed by atoms with van der Waals surface area (Å²) in [5.74, 6) is -0.424. The largest absolute Gasteiger partial charge is 0.465 e. The van der Waals surface area contributed by atoms with Gasteiger partial charge in [0.25, 0.3) is 0 Å². The first kappa shape index (κ1) is 9.80. The van der Waals surface area contributed by atoms with E-state index in [1.165, 1.54) is 7.11 Å². The van der Waals surface area contributed by atoms with Crippen molar-refractivity contribution in [2.75, 3.05) is 12.8 Å². The van der Waals surface area contributed by atoms with Crippen molar-refractivity contribution in [3.05, 3.63) is 22.3 Å². The summed E-state index contributed by atoms with van der Waals surface area (Å²) in [6.07, 6.45) is 0. The summed E-state index contributed by atoms with van der Waals surface area (Å²) >= 11 is 5.69. The van der Waals surface area contributed by atoms with E-state index in [0.29, 0.717) is 10.7 Å². The number of aryl methyl sites for hydroxylation is 1. The zero-order valence-corrected chi connectivity index (χ0v) is 8.05. The molecule has 0 radical (unpaired) electrons. The van der Waals surface area contributed by atoms with Crippen LogP contribution in [0, 0.1) is 6.92 Å². The first-order chi connectivity index (χ1) is 6.06. The molecule has 0 aliphatic heterocycles. The zero-order chi connectivity index (χ0) is 10.0. The molecule has 0 aromatic carbocycles. The van der Waals surface area contributed by atoms with E-state index in [4.69, 9.17) is 17.3 Å². The molecule has 70 valence electrons. The molecule has 0 amide bonds. The van der Waals surface area contributed by atoms with E-state index in [2.05, 4.69) is 9.72 Å². The molecule has 4 nitrogen and oxygen atoms in total. The SMILES string of the molecule is COC(=O)c1cc(C)c(Cl)nc1N. The van der Waals surface area contributed by atoms with Gasteiger partial charge in [0, 0.05) is 0 Å². The third-order valence-corrected chi connectivity index (χ3v) is 1.97. The average molecular weight is 201 g/mol. The molecule has 0 atom stereocenters. The Morgan fingerprint density at radius 3 is 2.85 bits per heavy atom. The monoisotopic (exact) mass is 200 g/mol. The number of anilines is 1. The summed E-state index contributed by atoms with van der Waals surface area (Å²) in [6.45, 7) is 1.74. The standard InChI is InChI=1S/C8H9ClN2O2/c1-4-3-5(8(12)13-2)7(10)11-6(4)9/h3H,1-2H3,(H2,10,11). The van der Waals surface area contributed by atoms with Crippen molar-refractivity contribution < 1.29 is 9.53 Å². The molecule has 0 saturated carbocycles. The van der Waals surface area contributed by atoms with Crippen molar-refractivity contribution in [3.8, 4) is 0 Å². The fourth-order valence-electron chi connectivity index (χ4n) is 0.878. The Hall–Kier alpha value is -1.29. The molecule has 2 N–H and O–H groups in total. The second-order valence-corrected chi connectivity index (χ2v) is 2.88. The first-order valence-electron chi connectivity index (χ1n) is 3.57. The van der Waals surface area contributed by atoms with E-state index in [9.17, 15) is 4.79 Å². The number of aromatic nitrogens is 1. The molecule has 0 aliphatic carbocycles. The van der Waals surface area contributed by atoms with Gasteiger partial charge < -0.3 is 10.5 Å². The number of carbonyl (C=O) groups is 1. The van der Waals surface area contributed by atoms with Crippen LogP contribution in [-0.4, -0.2) is 18.1 Å². The second kappa shape index (κ2) is 3.62. The molecule has 5 heteroatoms. The fraction of sp³-hybridized carbons (Fsp3) is 0.250. The number of ether oxygens (including phenoxy) is 1. The summed E-state index contributed by atoms with van der Waals surface area (Å²) in [6, 6.07) is 1.55. The number of pyridine rings is 1. The van der Waals surface area contributed by atoms with Crippen molar-refractivity contribution in [1.82, 2.24) is 4.98 Å². The third kappa shape index (κ3) is 1.89. The van der Waals surface area contributed by atoms with E-state index in [-0.39, 0.29) is 11.4 Å². The predicted molar refractivity (Wildman–Crippen MR) is 49.7 cm³/mol. The van der Waals surface area contributed by atoms with Crippen LogP contribution in [0.25, 0.3) is 0 Å². The van der Waals surface area contributed by atoms with E-state index in [0.717, 1.165) is 0 Å². The summed E-state index contributed by atoms with van der Waals surface area (Å²) in [7, 11) is 1.28. The Morgan fingerprint density at radius 1 is 1.69 bits per heavy atom. The summed E-state index contributed by atoms with van der Waals surface area (Å²) in [5, 5.41) is 0.296. The maximum atomic E-state index is 11.1. The minimum Gasteiger partial charge on any atom is -0.465 e. The smallest absolute Gasteiger partial charge is 0.341 e. The van der Waals surface area contributed by atoms with Crippen LogP contribution in [0.4, 0.5) is 5.82 Å². The minimum atomic E-state index is -0.509. The number of esters is 1. The van der Waals surface area contributed by atoms with Gasteiger partial charge in [-0.1, -0.05) is 11.6 Å². The Morgan fingerprint density at radius 2 is 2.31 bits per heavy atom. The van der Waals surface area contributed by atoms with Crippen LogP contribution in [0.15, 0.2) is 6.07 Å². The van der Waals surface area contributed by atoms with Gasteiger partial charge in [0.05, 0.1) is 7.11 Å². The van der Waals surface area contributed by atoms with Gasteiger partial charge in [-0.2, -0.15) is 0 Å². The normalized spacial score (nSPS) is 9.77. The van der Waals surface area contributed by atoms with Crippen LogP contribution in [0.1, 0.15) is 15.9 Å². The van der Waals surface area contributed by atoms with Crippen molar-refractivity contribution in [3.63, 3.8) is 0 Å². The number of nitrogens with two attached hydrogens (primary N) is 1. The van der Waals surface area contributed by atoms with Gasteiger partial charge in [-0.05, 0) is 18.6 Å². The molecule has 1 rings (SSSR count). The molecule has 0 bridgehead atoms. The number of hydrogen-bond acceptors (Lipinski definition) is 4. The van der Waals surface area contributed by atoms with Crippen molar-refractivity contribution >= 4 is 23.4 Å². The van der Waals surface area contributed by atoms with Crippen LogP contribution in [-0.2, 0) is 4.74 Å². The van der Waals surface area contributed by atoms with Crippen LogP contribution in [0.5, 0.6) is 0 Å². The lowest BCUT2D eigenvalue weighted by Crippen LogP contribution is -2.08. The van der Waals surface area contributed by atoms with Gasteiger partial charge in [-0.15, -0.1) is 0 Å². The number of hydrogen-bond donors (Lipinski definition) is 1. The topological polar surface area (TPSA) is 65.2 Å². The van der Waals surface area contributed by atoms with E-state index in [1.54, 1.807) is 13.0 Å². The van der Waals surface area contributed by atoms with Crippen LogP contribution in [0.3, 0.4) is 0 Å². The summed E-state index contributed by atoms with van der Waals surface area (Å²) in [5.41, 5.74) is 6.40. The third-order valence-electron chi connectivity index (χ3n) is 1.59. The van der Waals surface area contributed by atoms with Crippen LogP contribution < -0.4 is 5.73 Å². The van der Waals surface area contributed by atoms with Crippen molar-refractivity contribution in [2.45, 2.75) is 6.92 Å². The molecule has 0 saturated heterocycles. The number of rotatable bonds is 1. The van der Waals surface area contributed by atoms with Gasteiger partial charge in [-0.25, -0.2) is 9.78 Å². The van der Waals surface area contributed by atoms with Crippen LogP contribution >= 0.6 is 11.6 Å². The number of nitrogens with zero attached hydrogens (tertiary/aromatic N) is 1. The highest BCUT2D eigenvalue weighted by atomic mass is 35.5. The van der Waals surface area contributed by atoms with Gasteiger partial charge in [-0.3, -0.25) is 0 Å². The molecular formula is C8H9ClN2O2. The Kier molecular flexibility index (Phi) is 2.72. The maximum absolute atomic E-state index is 11.1. The number of carbonyl (C=O) groups excluding carboxylic acids is 1. The van der Waals surface area contributed by atoms with Crippen molar-refractivity contribution in [2.24, 2.45) is 0 Å². The van der Waals surface area contributed by atoms with Gasteiger partial charge in [0.15, 0.2) is 0 Å². The van der Waals surface area contributed by atoms with E-state index >= 15 is 0 Å². The molecule has 1 aromatic heterocycles. The molecule has 0 unspecified atom stereocenters. The van der Waals surface area contributed by atoms with E-state index in [1.807, 2.05) is 0 Å². The first-order valence-corrected chi connectivity index (χ1v) is 3.95. The lowest BCUT2D eigenvalue weighted by molar-refractivity contribution is 0.0601. The number of nitrogen functional groups attached to an aromatic ring is 1. The maximum Gasteiger partial charge on any atom is 0.341 e. The fourth-order valence-corrected chi connectivity index (χ4v) is 1.02. The van der Waals surface area contributed by atoms with Crippen LogP contribution in [0.2, 0.25) is 5.15 Å². The summed E-state index contributed by atoms with van der Waals surface area (Å²) in [4.78, 5) is 14.9. The lowest BCUT2D eigenvalue weighted by Gasteiger charge is -2.04. The quantitative estimate of drug-likeness (QED) is 0.550. The Balaban J connectivity index is 3.23. The molecule has 1 heterocycles. The molecule has 0 fully saturated rings. The molecule has 0 spiro atoms. The lowest BCUT2D eigenvalue weighted by atomic mass is 10.2. The highest BCUT2D eigenvalue weighted by Crippen LogP contribution is 2.18. The molecule has 0 aliphatic rings. The van der Waals surface area contributed by atoms with E-state index < -0.39 is 5.97 Å². The number of halogens is 1. The highest BCUT2D eigenvalue weighted by molar-refractivity contribution is 6.30. The molecular weight excluding hydrogens is 192 g/mol. The molecule has 1 aromatic rings. The van der Waals surface area contributed by atoms with Gasteiger partial charge >= 0.3 is 5.97 Å². The number of methoxy groups -OCH3 is 1. The second-order valence-electron chi connectivity index (χ2n) is 2.52. The minimum absolute atomic E-state index is 0.0856. The molecule has 13 heavy (non-hydrogen) atoms. The van der Waals surface area contributed by atoms with Gasteiger partial charge in [0.1, 0.15) is 16.5 Å². The predicted octanol–water partition coefficient (Wildman–Crippen LogP) is 1.41. The zero-order valence-electron chi connectivity index (χ0n) is 7.30. The Bertz CT molecular complexity index is 352. The average Bonchev–Trinajstić information content (AvgIpc) is 2.10. The van der Waals surface area contributed by atoms with Gasteiger partial charge in [0.2, 0.25) is 0 Å². The highest BCUT2D eigenvalue weighted by Gasteiger charge is 2.12. The summed E-state index contributed by atoms with van der Waals surface area (Å²) < 4.78 is 4.51. The van der Waals surface area contributed by atoms with Crippen molar-refractivity contribution in [1.29, 1.82) is 0 Å².